The number of benzene rings is 1. The van der Waals surface area contributed by atoms with Crippen molar-refractivity contribution in [3.8, 4) is 17.7 Å². The third-order valence-electron chi connectivity index (χ3n) is 5.95. The highest BCUT2D eigenvalue weighted by Crippen LogP contribution is 2.32. The molecule has 36 heavy (non-hydrogen) atoms. The Bertz CT molecular complexity index is 1580. The summed E-state index contributed by atoms with van der Waals surface area (Å²) in [6.07, 6.45) is 2.95. The molecule has 1 amide bonds. The first-order valence-electron chi connectivity index (χ1n) is 11.5. The van der Waals surface area contributed by atoms with Gasteiger partial charge in [0.25, 0.3) is 11.5 Å². The lowest BCUT2D eigenvalue weighted by atomic mass is 10.0. The molecule has 9 nitrogen and oxygen atoms in total. The first kappa shape index (κ1) is 25.1. The van der Waals surface area contributed by atoms with Crippen molar-refractivity contribution in [1.82, 2.24) is 14.7 Å². The number of hydrogen-bond donors (Lipinski definition) is 1. The first-order chi connectivity index (χ1) is 17.1. The second-order valence-electron chi connectivity index (χ2n) is 9.11. The Morgan fingerprint density at radius 2 is 2.08 bits per heavy atom. The fourth-order valence-corrected chi connectivity index (χ4v) is 5.73. The highest BCUT2D eigenvalue weighted by molar-refractivity contribution is 7.91. The van der Waals surface area contributed by atoms with Crippen LogP contribution in [-0.4, -0.2) is 41.3 Å². The van der Waals surface area contributed by atoms with Gasteiger partial charge in [0.2, 0.25) is 5.88 Å². The van der Waals surface area contributed by atoms with Crippen LogP contribution < -0.4 is 15.6 Å². The van der Waals surface area contributed by atoms with Gasteiger partial charge in [-0.25, -0.2) is 8.42 Å². The van der Waals surface area contributed by atoms with Crippen LogP contribution in [0.4, 0.5) is 0 Å². The number of nitriles is 1. The monoisotopic (exact) mass is 506 g/mol. The van der Waals surface area contributed by atoms with Crippen molar-refractivity contribution in [2.24, 2.45) is 0 Å². The van der Waals surface area contributed by atoms with E-state index in [0.29, 0.717) is 11.4 Å². The Balaban J connectivity index is 1.81. The molecule has 0 spiro atoms. The van der Waals surface area contributed by atoms with Crippen LogP contribution in [0.25, 0.3) is 11.7 Å². The number of carbonyl (C=O) groups is 1. The van der Waals surface area contributed by atoms with E-state index < -0.39 is 27.3 Å². The molecule has 0 aliphatic carbocycles. The molecule has 0 radical (unpaired) electrons. The summed E-state index contributed by atoms with van der Waals surface area (Å²) in [5.41, 5.74) is 1.26. The minimum Gasteiger partial charge on any atom is -0.438 e. The molecule has 2 aromatic heterocycles. The maximum absolute atomic E-state index is 13.4. The maximum atomic E-state index is 13.4. The van der Waals surface area contributed by atoms with Crippen molar-refractivity contribution in [3.05, 3.63) is 75.2 Å². The molecule has 1 aliphatic heterocycles. The molecule has 1 aliphatic rings. The lowest BCUT2D eigenvalue weighted by molar-refractivity contribution is -0.117. The predicted molar refractivity (Wildman–Crippen MR) is 136 cm³/mol. The Hall–Kier alpha value is -3.97. The molecular formula is C26H26N4O5S. The normalized spacial score (nSPS) is 17.2. The molecule has 0 saturated carbocycles. The number of rotatable bonds is 6. The lowest BCUT2D eigenvalue weighted by Crippen LogP contribution is -2.36. The van der Waals surface area contributed by atoms with Crippen LogP contribution >= 0.6 is 0 Å². The van der Waals surface area contributed by atoms with Crippen molar-refractivity contribution in [3.63, 3.8) is 0 Å². The van der Waals surface area contributed by atoms with Gasteiger partial charge in [0, 0.05) is 12.2 Å². The SMILES string of the molecule is Cc1ccc(C(C)C)c(Oc2nc3ccccn3c(=O)c2C=C(C#N)C(=O)NC2CCS(=O)(=O)C2)c1. The molecule has 3 aromatic rings. The summed E-state index contributed by atoms with van der Waals surface area (Å²) >= 11 is 0. The molecule has 186 valence electrons. The Labute approximate surface area is 209 Å². The van der Waals surface area contributed by atoms with Gasteiger partial charge < -0.3 is 10.1 Å². The van der Waals surface area contributed by atoms with Crippen LogP contribution in [0.3, 0.4) is 0 Å². The molecule has 4 rings (SSSR count). The number of aryl methyl sites for hydroxylation is 1. The summed E-state index contributed by atoms with van der Waals surface area (Å²) in [7, 11) is -3.22. The van der Waals surface area contributed by atoms with E-state index in [1.54, 1.807) is 18.2 Å². The van der Waals surface area contributed by atoms with Crippen LogP contribution in [0.1, 0.15) is 42.9 Å². The molecular weight excluding hydrogens is 480 g/mol. The number of nitrogens with one attached hydrogen (secondary N) is 1. The maximum Gasteiger partial charge on any atom is 0.269 e. The zero-order valence-electron chi connectivity index (χ0n) is 20.2. The van der Waals surface area contributed by atoms with Crippen LogP contribution in [0.2, 0.25) is 0 Å². The van der Waals surface area contributed by atoms with Crippen molar-refractivity contribution in [2.75, 3.05) is 11.5 Å². The zero-order chi connectivity index (χ0) is 26.0. The minimum atomic E-state index is -3.22. The highest BCUT2D eigenvalue weighted by atomic mass is 32.2. The second kappa shape index (κ2) is 9.95. The van der Waals surface area contributed by atoms with Gasteiger partial charge in [-0.3, -0.25) is 14.0 Å². The number of sulfone groups is 1. The smallest absolute Gasteiger partial charge is 0.269 e. The number of pyridine rings is 1. The standard InChI is InChI=1S/C26H26N4O5S/c1-16(2)20-8-7-17(3)12-22(20)35-25-21(26(32)30-10-5-4-6-23(30)29-25)13-18(14-27)24(31)28-19-9-11-36(33,34)15-19/h4-8,10,12-13,16,19H,9,11,15H2,1-3H3,(H,28,31). The number of amides is 1. The van der Waals surface area contributed by atoms with Crippen LogP contribution in [0, 0.1) is 18.3 Å². The fraction of sp³-hybridized carbons (Fsp3) is 0.308. The van der Waals surface area contributed by atoms with Gasteiger partial charge in [-0.1, -0.05) is 32.0 Å². The molecule has 1 atom stereocenters. The van der Waals surface area contributed by atoms with E-state index in [9.17, 15) is 23.3 Å². The van der Waals surface area contributed by atoms with Crippen molar-refractivity contribution in [2.45, 2.75) is 39.2 Å². The third-order valence-corrected chi connectivity index (χ3v) is 7.72. The molecule has 3 heterocycles. The number of hydrogen-bond acceptors (Lipinski definition) is 7. The van der Waals surface area contributed by atoms with Gasteiger partial charge in [0.05, 0.1) is 11.5 Å². The van der Waals surface area contributed by atoms with Gasteiger partial charge in [-0.05, 0) is 54.7 Å². The van der Waals surface area contributed by atoms with Crippen molar-refractivity contribution < 1.29 is 17.9 Å². The molecule has 1 saturated heterocycles. The van der Waals surface area contributed by atoms with E-state index in [1.165, 1.54) is 10.6 Å². The van der Waals surface area contributed by atoms with Gasteiger partial charge in [0.1, 0.15) is 28.6 Å². The van der Waals surface area contributed by atoms with Crippen LogP contribution in [-0.2, 0) is 14.6 Å². The lowest BCUT2D eigenvalue weighted by Gasteiger charge is -2.16. The molecule has 1 unspecified atom stereocenters. The Kier molecular flexibility index (Phi) is 6.95. The summed E-state index contributed by atoms with van der Waals surface area (Å²) in [4.78, 5) is 30.7. The molecule has 0 bridgehead atoms. The van der Waals surface area contributed by atoms with Crippen molar-refractivity contribution >= 4 is 27.5 Å². The van der Waals surface area contributed by atoms with E-state index in [2.05, 4.69) is 10.3 Å². The molecule has 1 aromatic carbocycles. The van der Waals surface area contributed by atoms with Gasteiger partial charge in [0.15, 0.2) is 9.84 Å². The zero-order valence-corrected chi connectivity index (χ0v) is 21.0. The third kappa shape index (κ3) is 5.31. The van der Waals surface area contributed by atoms with Gasteiger partial charge in [-0.15, -0.1) is 0 Å². The van der Waals surface area contributed by atoms with E-state index >= 15 is 0 Å². The van der Waals surface area contributed by atoms with E-state index in [1.807, 2.05) is 45.0 Å². The molecule has 1 N–H and O–H groups in total. The fourth-order valence-electron chi connectivity index (χ4n) is 4.06. The largest absolute Gasteiger partial charge is 0.438 e. The summed E-state index contributed by atoms with van der Waals surface area (Å²) in [5, 5.41) is 12.3. The minimum absolute atomic E-state index is 0.0217. The highest BCUT2D eigenvalue weighted by Gasteiger charge is 2.30. The molecule has 1 fully saturated rings. The second-order valence-corrected chi connectivity index (χ2v) is 11.3. The van der Waals surface area contributed by atoms with E-state index in [0.717, 1.165) is 17.2 Å². The van der Waals surface area contributed by atoms with Crippen LogP contribution in [0.5, 0.6) is 11.6 Å². The summed E-state index contributed by atoms with van der Waals surface area (Å²) < 4.78 is 30.9. The first-order valence-corrected chi connectivity index (χ1v) is 13.3. The number of carbonyl (C=O) groups excluding carboxylic acids is 1. The average molecular weight is 507 g/mol. The average Bonchev–Trinajstić information content (AvgIpc) is 3.16. The summed E-state index contributed by atoms with van der Waals surface area (Å²) in [6, 6.07) is 12.0. The number of aromatic nitrogens is 2. The molecule has 10 heteroatoms. The van der Waals surface area contributed by atoms with E-state index in [-0.39, 0.29) is 40.9 Å². The topological polar surface area (TPSA) is 131 Å². The Morgan fingerprint density at radius 3 is 2.75 bits per heavy atom. The van der Waals surface area contributed by atoms with Crippen molar-refractivity contribution in [1.29, 1.82) is 5.26 Å². The van der Waals surface area contributed by atoms with Gasteiger partial charge >= 0.3 is 0 Å². The number of ether oxygens (including phenoxy) is 1. The Morgan fingerprint density at radius 1 is 1.31 bits per heavy atom. The summed E-state index contributed by atoms with van der Waals surface area (Å²) in [5.74, 6) is -0.358. The predicted octanol–water partition coefficient (Wildman–Crippen LogP) is 3.13. The number of nitrogens with zero attached hydrogens (tertiary/aromatic N) is 3. The van der Waals surface area contributed by atoms with E-state index in [4.69, 9.17) is 4.74 Å². The summed E-state index contributed by atoms with van der Waals surface area (Å²) in [6.45, 7) is 5.95. The van der Waals surface area contributed by atoms with Crippen LogP contribution in [0.15, 0.2) is 53.0 Å². The quantitative estimate of drug-likeness (QED) is 0.401. The van der Waals surface area contributed by atoms with Gasteiger partial charge in [-0.2, -0.15) is 10.2 Å². The number of fused-ring (bicyclic) bond motifs is 1.